The topological polar surface area (TPSA) is 155 Å². The number of aliphatic carboxylic acids is 2. The zero-order chi connectivity index (χ0) is 22.1. The lowest BCUT2D eigenvalue weighted by atomic mass is 10.1. The normalized spacial score (nSPS) is 18.2. The van der Waals surface area contributed by atoms with Crippen LogP contribution in [-0.2, 0) is 30.3 Å². The van der Waals surface area contributed by atoms with Gasteiger partial charge in [0.1, 0.15) is 11.8 Å². The van der Waals surface area contributed by atoms with Gasteiger partial charge in [-0.25, -0.2) is 4.79 Å². The fraction of sp³-hybridized carbons (Fsp3) is 0.500. The summed E-state index contributed by atoms with van der Waals surface area (Å²) in [5.41, 5.74) is 0.707. The Labute approximate surface area is 173 Å². The van der Waals surface area contributed by atoms with Crippen molar-refractivity contribution in [1.29, 1.82) is 0 Å². The number of ether oxygens (including phenoxy) is 2. The molecule has 1 aromatic carbocycles. The number of hydrogen-bond donors (Lipinski definition) is 4. The van der Waals surface area contributed by atoms with E-state index in [0.717, 1.165) is 0 Å². The van der Waals surface area contributed by atoms with Gasteiger partial charge in [-0.1, -0.05) is 12.1 Å². The smallest absolute Gasteiger partial charge is 0.326 e. The minimum absolute atomic E-state index is 0.0196. The molecule has 3 atom stereocenters. The molecular formula is C20H26N2O8. The van der Waals surface area contributed by atoms with Gasteiger partial charge in [-0.05, 0) is 37.5 Å². The van der Waals surface area contributed by atoms with Gasteiger partial charge in [0.05, 0.1) is 6.61 Å². The van der Waals surface area contributed by atoms with Crippen LogP contribution in [0.2, 0.25) is 0 Å². The SMILES string of the molecule is CCOc1ccc(C[C@H](NC(=O)[C@H]2O[C@@H]2C(=O)NCCCCC(=O)O)C(=O)O)cc1. The van der Waals surface area contributed by atoms with E-state index in [4.69, 9.17) is 14.6 Å². The maximum atomic E-state index is 12.3. The average Bonchev–Trinajstić information content (AvgIpc) is 3.49. The Balaban J connectivity index is 1.78. The van der Waals surface area contributed by atoms with E-state index in [1.807, 2.05) is 6.92 Å². The van der Waals surface area contributed by atoms with E-state index in [0.29, 0.717) is 30.8 Å². The molecule has 2 amide bonds. The Hall–Kier alpha value is -3.14. The Kier molecular flexibility index (Phi) is 8.60. The van der Waals surface area contributed by atoms with Gasteiger partial charge >= 0.3 is 11.9 Å². The van der Waals surface area contributed by atoms with Crippen molar-refractivity contribution < 1.29 is 38.9 Å². The van der Waals surface area contributed by atoms with Crippen LogP contribution >= 0.6 is 0 Å². The fourth-order valence-electron chi connectivity index (χ4n) is 2.80. The van der Waals surface area contributed by atoms with E-state index in [-0.39, 0.29) is 19.4 Å². The van der Waals surface area contributed by atoms with Crippen molar-refractivity contribution in [2.75, 3.05) is 13.2 Å². The Morgan fingerprint density at radius 3 is 2.33 bits per heavy atom. The highest BCUT2D eigenvalue weighted by Gasteiger charge is 2.50. The van der Waals surface area contributed by atoms with Crippen LogP contribution in [0.3, 0.4) is 0 Å². The van der Waals surface area contributed by atoms with Crippen molar-refractivity contribution >= 4 is 23.8 Å². The van der Waals surface area contributed by atoms with E-state index in [9.17, 15) is 24.3 Å². The summed E-state index contributed by atoms with van der Waals surface area (Å²) in [4.78, 5) is 46.1. The highest BCUT2D eigenvalue weighted by Crippen LogP contribution is 2.23. The number of rotatable bonds is 13. The van der Waals surface area contributed by atoms with Crippen LogP contribution in [0.5, 0.6) is 5.75 Å². The molecule has 10 heteroatoms. The summed E-state index contributed by atoms with van der Waals surface area (Å²) < 4.78 is 10.4. The number of epoxide rings is 1. The third-order valence-electron chi connectivity index (χ3n) is 4.41. The van der Waals surface area contributed by atoms with Gasteiger partial charge < -0.3 is 30.3 Å². The second-order valence-electron chi connectivity index (χ2n) is 6.80. The van der Waals surface area contributed by atoms with Crippen molar-refractivity contribution in [2.45, 2.75) is 50.9 Å². The maximum absolute atomic E-state index is 12.3. The Morgan fingerprint density at radius 1 is 1.07 bits per heavy atom. The first-order valence-corrected chi connectivity index (χ1v) is 9.71. The molecule has 0 aromatic heterocycles. The predicted molar refractivity (Wildman–Crippen MR) is 104 cm³/mol. The number of benzene rings is 1. The summed E-state index contributed by atoms with van der Waals surface area (Å²) in [6.07, 6.45) is -0.996. The largest absolute Gasteiger partial charge is 0.494 e. The molecule has 10 nitrogen and oxygen atoms in total. The molecule has 0 spiro atoms. The first-order chi connectivity index (χ1) is 14.3. The van der Waals surface area contributed by atoms with E-state index >= 15 is 0 Å². The molecule has 1 fully saturated rings. The van der Waals surface area contributed by atoms with Gasteiger partial charge in [0.15, 0.2) is 12.2 Å². The molecule has 1 saturated heterocycles. The molecule has 2 rings (SSSR count). The van der Waals surface area contributed by atoms with Crippen molar-refractivity contribution in [1.82, 2.24) is 10.6 Å². The summed E-state index contributed by atoms with van der Waals surface area (Å²) in [5.74, 6) is -2.58. The number of amides is 2. The van der Waals surface area contributed by atoms with E-state index in [1.165, 1.54) is 0 Å². The van der Waals surface area contributed by atoms with Crippen LogP contribution < -0.4 is 15.4 Å². The number of nitrogens with one attached hydrogen (secondary N) is 2. The lowest BCUT2D eigenvalue weighted by Crippen LogP contribution is -2.45. The monoisotopic (exact) mass is 422 g/mol. The summed E-state index contributed by atoms with van der Waals surface area (Å²) in [7, 11) is 0. The predicted octanol–water partition coefficient (Wildman–Crippen LogP) is 0.336. The molecule has 0 unspecified atom stereocenters. The summed E-state index contributed by atoms with van der Waals surface area (Å²) in [5, 5.41) is 22.9. The van der Waals surface area contributed by atoms with Crippen molar-refractivity contribution in [3.05, 3.63) is 29.8 Å². The van der Waals surface area contributed by atoms with Crippen LogP contribution in [-0.4, -0.2) is 65.4 Å². The molecule has 4 N–H and O–H groups in total. The van der Waals surface area contributed by atoms with E-state index in [2.05, 4.69) is 10.6 Å². The van der Waals surface area contributed by atoms with Crippen LogP contribution in [0.25, 0.3) is 0 Å². The number of hydrogen-bond acceptors (Lipinski definition) is 6. The Morgan fingerprint density at radius 2 is 1.73 bits per heavy atom. The summed E-state index contributed by atoms with van der Waals surface area (Å²) in [6, 6.07) is 5.73. The molecule has 1 aliphatic rings. The minimum Gasteiger partial charge on any atom is -0.494 e. The van der Waals surface area contributed by atoms with Crippen LogP contribution in [0.1, 0.15) is 31.7 Å². The molecule has 0 aliphatic carbocycles. The van der Waals surface area contributed by atoms with E-state index in [1.54, 1.807) is 24.3 Å². The quantitative estimate of drug-likeness (QED) is 0.262. The third kappa shape index (κ3) is 7.36. The molecule has 0 bridgehead atoms. The Bertz CT molecular complexity index is 765. The molecule has 1 heterocycles. The number of carbonyl (C=O) groups excluding carboxylic acids is 2. The second kappa shape index (κ2) is 11.1. The number of carbonyl (C=O) groups is 4. The fourth-order valence-corrected chi connectivity index (χ4v) is 2.80. The molecule has 0 radical (unpaired) electrons. The average molecular weight is 422 g/mol. The van der Waals surface area contributed by atoms with Crippen molar-refractivity contribution in [3.63, 3.8) is 0 Å². The summed E-state index contributed by atoms with van der Waals surface area (Å²) in [6.45, 7) is 2.65. The first-order valence-electron chi connectivity index (χ1n) is 9.71. The number of unbranched alkanes of at least 4 members (excludes halogenated alkanes) is 1. The van der Waals surface area contributed by atoms with Crippen LogP contribution in [0.15, 0.2) is 24.3 Å². The zero-order valence-electron chi connectivity index (χ0n) is 16.6. The standard InChI is InChI=1S/C20H26N2O8/c1-2-29-13-8-6-12(7-9-13)11-14(20(27)28)22-19(26)17-16(30-17)18(25)21-10-4-3-5-15(23)24/h6-9,14,16-17H,2-5,10-11H2,1H3,(H,21,25)(H,22,26)(H,23,24)(H,27,28)/t14-,16-,17-/m0/s1. The van der Waals surface area contributed by atoms with Crippen molar-refractivity contribution in [3.8, 4) is 5.75 Å². The molecule has 1 aliphatic heterocycles. The number of carboxylic acid groups (broad SMARTS) is 2. The molecule has 30 heavy (non-hydrogen) atoms. The highest BCUT2D eigenvalue weighted by molar-refractivity contribution is 5.96. The van der Waals surface area contributed by atoms with Gasteiger partial charge in [-0.2, -0.15) is 0 Å². The van der Waals surface area contributed by atoms with Gasteiger partial charge in [-0.15, -0.1) is 0 Å². The van der Waals surface area contributed by atoms with Crippen LogP contribution in [0.4, 0.5) is 0 Å². The van der Waals surface area contributed by atoms with Gasteiger partial charge in [0, 0.05) is 19.4 Å². The molecule has 1 aromatic rings. The van der Waals surface area contributed by atoms with E-state index < -0.39 is 42.0 Å². The molecule has 164 valence electrons. The number of carboxylic acids is 2. The second-order valence-corrected chi connectivity index (χ2v) is 6.80. The van der Waals surface area contributed by atoms with Crippen molar-refractivity contribution in [2.24, 2.45) is 0 Å². The minimum atomic E-state index is -1.20. The molecular weight excluding hydrogens is 396 g/mol. The maximum Gasteiger partial charge on any atom is 0.326 e. The highest BCUT2D eigenvalue weighted by atomic mass is 16.6. The van der Waals surface area contributed by atoms with Crippen LogP contribution in [0, 0.1) is 0 Å². The lowest BCUT2D eigenvalue weighted by Gasteiger charge is -2.14. The van der Waals surface area contributed by atoms with Gasteiger partial charge in [-0.3, -0.25) is 14.4 Å². The lowest BCUT2D eigenvalue weighted by molar-refractivity contribution is -0.142. The zero-order valence-corrected chi connectivity index (χ0v) is 16.6. The van der Waals surface area contributed by atoms with Gasteiger partial charge in [0.2, 0.25) is 0 Å². The van der Waals surface area contributed by atoms with Gasteiger partial charge in [0.25, 0.3) is 11.8 Å². The molecule has 0 saturated carbocycles. The third-order valence-corrected chi connectivity index (χ3v) is 4.41. The first kappa shape index (κ1) is 23.1. The summed E-state index contributed by atoms with van der Waals surface area (Å²) >= 11 is 0.